The molecule has 0 aliphatic heterocycles. The van der Waals surface area contributed by atoms with Gasteiger partial charge in [-0.05, 0) is 44.9 Å². The van der Waals surface area contributed by atoms with Gasteiger partial charge in [-0.15, -0.1) is 0 Å². The van der Waals surface area contributed by atoms with Crippen molar-refractivity contribution in [1.82, 2.24) is 0 Å². The van der Waals surface area contributed by atoms with Crippen LogP contribution in [0, 0.1) is 0 Å². The van der Waals surface area contributed by atoms with Crippen LogP contribution in [0.4, 0.5) is 5.69 Å². The molecule has 0 radical (unpaired) electrons. The fourth-order valence-electron chi connectivity index (χ4n) is 2.41. The molecule has 24 heavy (non-hydrogen) atoms. The molecule has 0 fully saturated rings. The smallest absolute Gasteiger partial charge is 0.336 e. The third-order valence-electron chi connectivity index (χ3n) is 3.56. The average molecular weight is 329 g/mol. The predicted molar refractivity (Wildman–Crippen MR) is 89.3 cm³/mol. The summed E-state index contributed by atoms with van der Waals surface area (Å²) in [7, 11) is 0. The normalized spacial score (nSPS) is 13.6. The highest BCUT2D eigenvalue weighted by Crippen LogP contribution is 2.28. The van der Waals surface area contributed by atoms with Crippen LogP contribution in [0.1, 0.15) is 37.0 Å². The van der Waals surface area contributed by atoms with Crippen LogP contribution in [0.25, 0.3) is 0 Å². The number of nitrogens with one attached hydrogen (secondary N) is 1. The Labute approximate surface area is 139 Å². The van der Waals surface area contributed by atoms with E-state index in [4.69, 9.17) is 4.74 Å². The Balaban J connectivity index is 2.32. The molecule has 1 aromatic carbocycles. The first-order chi connectivity index (χ1) is 11.4. The second-order valence-corrected chi connectivity index (χ2v) is 5.27. The molecule has 1 amide bonds. The van der Waals surface area contributed by atoms with Crippen LogP contribution in [-0.4, -0.2) is 29.4 Å². The summed E-state index contributed by atoms with van der Waals surface area (Å²) in [6, 6.07) is 4.75. The van der Waals surface area contributed by atoms with E-state index in [1.54, 1.807) is 25.1 Å². The van der Waals surface area contributed by atoms with Crippen molar-refractivity contribution in [2.45, 2.75) is 26.7 Å². The minimum atomic E-state index is -1.14. The molecule has 0 atom stereocenters. The minimum Gasteiger partial charge on any atom is -0.492 e. The van der Waals surface area contributed by atoms with E-state index in [0.29, 0.717) is 36.4 Å². The lowest BCUT2D eigenvalue weighted by atomic mass is 9.97. The zero-order chi connectivity index (χ0) is 17.7. The molecule has 6 nitrogen and oxygen atoms in total. The number of benzene rings is 1. The molecule has 1 aromatic rings. The minimum absolute atomic E-state index is 0.0144. The molecule has 0 bridgehead atoms. The van der Waals surface area contributed by atoms with Gasteiger partial charge >= 0.3 is 5.97 Å². The van der Waals surface area contributed by atoms with Gasteiger partial charge in [0.2, 0.25) is 0 Å². The Morgan fingerprint density at radius 2 is 1.83 bits per heavy atom. The van der Waals surface area contributed by atoms with Gasteiger partial charge in [-0.25, -0.2) is 4.79 Å². The Bertz CT molecular complexity index is 746. The zero-order valence-electron chi connectivity index (χ0n) is 13.6. The second kappa shape index (κ2) is 7.59. The Kier molecular flexibility index (Phi) is 5.52. The number of hydrogen-bond acceptors (Lipinski definition) is 4. The van der Waals surface area contributed by atoms with Crippen molar-refractivity contribution < 1.29 is 24.2 Å². The lowest BCUT2D eigenvalue weighted by molar-refractivity contribution is -0.132. The van der Waals surface area contributed by atoms with Crippen molar-refractivity contribution in [1.29, 1.82) is 0 Å². The topological polar surface area (TPSA) is 92.7 Å². The Hall–Kier alpha value is -2.89. The molecule has 126 valence electrons. The monoisotopic (exact) mass is 329 g/mol. The maximum absolute atomic E-state index is 12.5. The summed E-state index contributed by atoms with van der Waals surface area (Å²) in [5.41, 5.74) is 0.870. The summed E-state index contributed by atoms with van der Waals surface area (Å²) in [6.45, 7) is 3.63. The van der Waals surface area contributed by atoms with Gasteiger partial charge in [-0.2, -0.15) is 0 Å². The van der Waals surface area contributed by atoms with Gasteiger partial charge in [-0.3, -0.25) is 9.59 Å². The van der Waals surface area contributed by atoms with Gasteiger partial charge < -0.3 is 15.2 Å². The van der Waals surface area contributed by atoms with Crippen LogP contribution >= 0.6 is 0 Å². The van der Waals surface area contributed by atoms with Gasteiger partial charge in [0.15, 0.2) is 5.78 Å². The first kappa shape index (κ1) is 17.5. The molecular weight excluding hydrogens is 310 g/mol. The molecule has 0 spiro atoms. The van der Waals surface area contributed by atoms with E-state index in [2.05, 4.69) is 5.32 Å². The number of carbonyl (C=O) groups is 3. The number of Topliss-reactive ketones (excluding diaryl/α,β-unsaturated/α-hetero) is 1. The molecule has 0 saturated heterocycles. The zero-order valence-corrected chi connectivity index (χ0v) is 13.6. The molecular formula is C18H19NO5. The number of carboxylic acid groups (broad SMARTS) is 1. The van der Waals surface area contributed by atoms with Crippen LogP contribution in [0.2, 0.25) is 0 Å². The molecule has 2 N–H and O–H groups in total. The first-order valence-corrected chi connectivity index (χ1v) is 7.67. The van der Waals surface area contributed by atoms with Crippen molar-refractivity contribution in [2.24, 2.45) is 0 Å². The standard InChI is InChI=1S/C18H19NO5/c1-3-24-16-9-8-12(11(2)20)10-15(16)19-17(21)13-6-4-5-7-14(13)18(22)23/h6-10H,3-5H2,1-2H3,(H,19,21)(H,22,23). The number of aliphatic carboxylic acids is 1. The number of allylic oxidation sites excluding steroid dienone is 2. The molecule has 1 aliphatic carbocycles. The van der Waals surface area contributed by atoms with Crippen LogP contribution in [0.15, 0.2) is 41.5 Å². The molecule has 0 saturated carbocycles. The van der Waals surface area contributed by atoms with Crippen molar-refractivity contribution >= 4 is 23.3 Å². The van der Waals surface area contributed by atoms with Gasteiger partial charge in [0.25, 0.3) is 5.91 Å². The number of hydrogen-bond donors (Lipinski definition) is 2. The van der Waals surface area contributed by atoms with Crippen molar-refractivity contribution in [3.8, 4) is 5.75 Å². The van der Waals surface area contributed by atoms with Gasteiger partial charge in [0, 0.05) is 11.1 Å². The van der Waals surface area contributed by atoms with Crippen molar-refractivity contribution in [3.05, 3.63) is 47.1 Å². The quantitative estimate of drug-likeness (QED) is 0.783. The largest absolute Gasteiger partial charge is 0.492 e. The number of ketones is 1. The first-order valence-electron chi connectivity index (χ1n) is 7.67. The SMILES string of the molecule is CCOc1ccc(C(C)=O)cc1NC(=O)C1=CCCC=C1C(=O)O. The Morgan fingerprint density at radius 3 is 2.42 bits per heavy atom. The third kappa shape index (κ3) is 3.90. The van der Waals surface area contributed by atoms with Crippen LogP contribution in [0.5, 0.6) is 5.75 Å². The van der Waals surface area contributed by atoms with Crippen LogP contribution < -0.4 is 10.1 Å². The highest BCUT2D eigenvalue weighted by molar-refractivity contribution is 6.14. The van der Waals surface area contributed by atoms with E-state index < -0.39 is 11.9 Å². The van der Waals surface area contributed by atoms with E-state index in [0.717, 1.165) is 0 Å². The highest BCUT2D eigenvalue weighted by atomic mass is 16.5. The second-order valence-electron chi connectivity index (χ2n) is 5.27. The van der Waals surface area contributed by atoms with E-state index >= 15 is 0 Å². The van der Waals surface area contributed by atoms with Crippen LogP contribution in [-0.2, 0) is 9.59 Å². The van der Waals surface area contributed by atoms with E-state index in [9.17, 15) is 19.5 Å². The number of carbonyl (C=O) groups excluding carboxylic acids is 2. The van der Waals surface area contributed by atoms with Crippen molar-refractivity contribution in [3.63, 3.8) is 0 Å². The number of ether oxygens (including phenoxy) is 1. The average Bonchev–Trinajstić information content (AvgIpc) is 2.56. The van der Waals surface area contributed by atoms with Crippen LogP contribution in [0.3, 0.4) is 0 Å². The Morgan fingerprint density at radius 1 is 1.17 bits per heavy atom. The lowest BCUT2D eigenvalue weighted by Crippen LogP contribution is -2.21. The molecule has 1 aliphatic rings. The van der Waals surface area contributed by atoms with Gasteiger partial charge in [-0.1, -0.05) is 12.2 Å². The predicted octanol–water partition coefficient (Wildman–Crippen LogP) is 2.96. The number of carboxylic acids is 1. The summed E-state index contributed by atoms with van der Waals surface area (Å²) in [4.78, 5) is 35.3. The number of amides is 1. The number of rotatable bonds is 6. The summed E-state index contributed by atoms with van der Waals surface area (Å²) >= 11 is 0. The van der Waals surface area contributed by atoms with Gasteiger partial charge in [0.1, 0.15) is 5.75 Å². The van der Waals surface area contributed by atoms with E-state index in [1.807, 2.05) is 0 Å². The number of anilines is 1. The molecule has 2 rings (SSSR count). The fraction of sp³-hybridized carbons (Fsp3) is 0.278. The fourth-order valence-corrected chi connectivity index (χ4v) is 2.41. The summed E-state index contributed by atoms with van der Waals surface area (Å²) in [5.74, 6) is -1.40. The van der Waals surface area contributed by atoms with E-state index in [1.165, 1.54) is 19.1 Å². The summed E-state index contributed by atoms with van der Waals surface area (Å²) in [6.07, 6.45) is 4.33. The summed E-state index contributed by atoms with van der Waals surface area (Å²) < 4.78 is 5.46. The highest BCUT2D eigenvalue weighted by Gasteiger charge is 2.23. The maximum Gasteiger partial charge on any atom is 0.336 e. The summed E-state index contributed by atoms with van der Waals surface area (Å²) in [5, 5.41) is 11.9. The molecule has 6 heteroatoms. The maximum atomic E-state index is 12.5. The third-order valence-corrected chi connectivity index (χ3v) is 3.56. The van der Waals surface area contributed by atoms with E-state index in [-0.39, 0.29) is 16.9 Å². The van der Waals surface area contributed by atoms with Crippen molar-refractivity contribution in [2.75, 3.05) is 11.9 Å². The molecule has 0 heterocycles. The lowest BCUT2D eigenvalue weighted by Gasteiger charge is -2.16. The molecule has 0 unspecified atom stereocenters. The van der Waals surface area contributed by atoms with Gasteiger partial charge in [0.05, 0.1) is 17.9 Å². The molecule has 0 aromatic heterocycles.